The number of hydrogen-bond donors (Lipinski definition) is 4. The van der Waals surface area contributed by atoms with Crippen LogP contribution in [0.4, 0.5) is 0 Å². The number of hydrogen-bond acceptors (Lipinski definition) is 10. The van der Waals surface area contributed by atoms with Crippen LogP contribution in [0.25, 0.3) is 0 Å². The second-order valence-corrected chi connectivity index (χ2v) is 30.2. The standard InChI is InChI=1S/C9H20N2O2S.C9H19NO3S.C9H19NO.C9H18O2.C9H18O/c1-8(2,3)7(12)11-14(10,13)9(4,5)6;1-8(2,3)7(11)10-14(12,13)9(4,5)6;1-8(2,3)7(11)10-9(4,5)6;1-8(2,3)7(10)11-9(4,5)6;1-8(2,3)7(10)9(4,5)6/h1-6H3,(H2,10,11,12,13);1-6H3,(H,10,11);1-6H3,(H,10,11);1-6H3;1-6H3. The molecular formula is C45H94N4O9S2. The molecule has 0 fully saturated rings. The highest BCUT2D eigenvalue weighted by Crippen LogP contribution is 2.28. The molecule has 0 heterocycles. The van der Waals surface area contributed by atoms with Crippen LogP contribution in [0.1, 0.15) is 208 Å². The Morgan fingerprint density at radius 2 is 0.683 bits per heavy atom. The topological polar surface area (TPSA) is 206 Å². The van der Waals surface area contributed by atoms with E-state index in [9.17, 15) is 36.6 Å². The van der Waals surface area contributed by atoms with Gasteiger partial charge in [-0.3, -0.25) is 33.4 Å². The number of sulfonamides is 1. The van der Waals surface area contributed by atoms with E-state index in [0.717, 1.165) is 0 Å². The van der Waals surface area contributed by atoms with Gasteiger partial charge >= 0.3 is 5.97 Å². The molecule has 0 aliphatic rings. The highest BCUT2D eigenvalue weighted by molar-refractivity contribution is 7.92. The third-order valence-electron chi connectivity index (χ3n) is 7.04. The van der Waals surface area contributed by atoms with Crippen molar-refractivity contribution in [2.75, 3.05) is 0 Å². The van der Waals surface area contributed by atoms with Gasteiger partial charge in [0.15, 0.2) is 0 Å². The molecule has 0 aromatic carbocycles. The van der Waals surface area contributed by atoms with E-state index >= 15 is 0 Å². The number of ketones is 1. The predicted octanol–water partition coefficient (Wildman–Crippen LogP) is 10.2. The van der Waals surface area contributed by atoms with Gasteiger partial charge in [-0.1, -0.05) is 104 Å². The Hall–Kier alpha value is -2.55. The molecule has 0 aromatic rings. The third-order valence-corrected chi connectivity index (χ3v) is 11.3. The highest BCUT2D eigenvalue weighted by Gasteiger charge is 2.35. The van der Waals surface area contributed by atoms with E-state index in [2.05, 4.69) is 14.8 Å². The van der Waals surface area contributed by atoms with Crippen molar-refractivity contribution in [1.82, 2.24) is 14.8 Å². The molecule has 1 atom stereocenters. The molecule has 60 heavy (non-hydrogen) atoms. The van der Waals surface area contributed by atoms with Crippen molar-refractivity contribution >= 4 is 49.4 Å². The SMILES string of the molecule is CC(C)(C)C(=O)C(C)(C)C.CC(C)(C)C(=O)NS(=N)(=O)C(C)(C)C.CC(C)(C)C(=O)NS(=O)(=O)C(C)(C)C.CC(C)(C)NC(=O)C(C)(C)C.CC(C)(C)OC(=O)C(C)(C)C. The van der Waals surface area contributed by atoms with Crippen LogP contribution >= 0.6 is 0 Å². The summed E-state index contributed by atoms with van der Waals surface area (Å²) in [4.78, 5) is 57.1. The molecule has 0 spiro atoms. The van der Waals surface area contributed by atoms with E-state index in [0.29, 0.717) is 5.78 Å². The molecule has 0 saturated heterocycles. The van der Waals surface area contributed by atoms with Crippen LogP contribution in [0.3, 0.4) is 0 Å². The zero-order valence-corrected chi connectivity index (χ0v) is 45.6. The molecule has 15 heteroatoms. The third kappa shape index (κ3) is 32.2. The molecule has 4 N–H and O–H groups in total. The van der Waals surface area contributed by atoms with Crippen molar-refractivity contribution in [1.29, 1.82) is 4.78 Å². The Bertz CT molecular complexity index is 1500. The summed E-state index contributed by atoms with van der Waals surface area (Å²) in [5, 5.41) is 2.92. The molecule has 0 aliphatic carbocycles. The van der Waals surface area contributed by atoms with E-state index < -0.39 is 51.6 Å². The first-order chi connectivity index (χ1) is 25.2. The minimum absolute atomic E-state index is 0.102. The Balaban J connectivity index is -0.000000211. The molecule has 0 rings (SSSR count). The van der Waals surface area contributed by atoms with Crippen LogP contribution in [0.2, 0.25) is 0 Å². The van der Waals surface area contributed by atoms with Gasteiger partial charge < -0.3 is 10.1 Å². The maximum atomic E-state index is 11.8. The van der Waals surface area contributed by atoms with Gasteiger partial charge in [-0.15, -0.1) is 0 Å². The largest absolute Gasteiger partial charge is 0.460 e. The molecule has 360 valence electrons. The summed E-state index contributed by atoms with van der Waals surface area (Å²) >= 11 is 0. The Morgan fingerprint density at radius 3 is 0.817 bits per heavy atom. The number of carbonyl (C=O) groups is 5. The number of Topliss-reactive ketones (excluding diaryl/α,β-unsaturated/α-hetero) is 1. The first-order valence-electron chi connectivity index (χ1n) is 20.4. The first kappa shape index (κ1) is 66.5. The summed E-state index contributed by atoms with van der Waals surface area (Å²) in [6.07, 6.45) is 0. The number of esters is 1. The lowest BCUT2D eigenvalue weighted by Crippen LogP contribution is -2.46. The number of carbonyl (C=O) groups excluding carboxylic acids is 5. The van der Waals surface area contributed by atoms with Gasteiger partial charge in [0.1, 0.15) is 21.3 Å². The summed E-state index contributed by atoms with van der Waals surface area (Å²) in [6, 6.07) is 0. The maximum Gasteiger partial charge on any atom is 0.311 e. The Labute approximate surface area is 369 Å². The van der Waals surface area contributed by atoms with E-state index in [1.54, 1.807) is 83.1 Å². The average Bonchev–Trinajstić information content (AvgIpc) is 2.87. The highest BCUT2D eigenvalue weighted by atomic mass is 32.2. The lowest BCUT2D eigenvalue weighted by Gasteiger charge is -2.26. The Morgan fingerprint density at radius 1 is 0.400 bits per heavy atom. The fourth-order valence-electron chi connectivity index (χ4n) is 2.95. The molecule has 3 amide bonds. The molecule has 1 unspecified atom stereocenters. The van der Waals surface area contributed by atoms with Gasteiger partial charge in [-0.05, 0) is 104 Å². The summed E-state index contributed by atoms with van der Waals surface area (Å²) in [5.74, 6) is -0.560. The van der Waals surface area contributed by atoms with Gasteiger partial charge in [0.25, 0.3) is 0 Å². The van der Waals surface area contributed by atoms with Crippen LogP contribution in [-0.4, -0.2) is 62.7 Å². The molecule has 0 bridgehead atoms. The molecule has 0 aromatic heterocycles. The summed E-state index contributed by atoms with van der Waals surface area (Å²) in [6.45, 7) is 54.4. The molecule has 0 aliphatic heterocycles. The fourth-order valence-corrected chi connectivity index (χ4v) is 4.68. The molecular weight excluding hydrogens is 805 g/mol. The van der Waals surface area contributed by atoms with E-state index in [1.165, 1.54) is 0 Å². The van der Waals surface area contributed by atoms with Gasteiger partial charge in [0.05, 0.1) is 14.9 Å². The second kappa shape index (κ2) is 22.2. The number of rotatable bonds is 2. The minimum Gasteiger partial charge on any atom is -0.460 e. The average molecular weight is 899 g/mol. The van der Waals surface area contributed by atoms with Gasteiger partial charge in [0, 0.05) is 32.6 Å². The lowest BCUT2D eigenvalue weighted by molar-refractivity contribution is -0.164. The number of amides is 3. The van der Waals surface area contributed by atoms with Crippen LogP contribution in [0.15, 0.2) is 0 Å². The summed E-state index contributed by atoms with van der Waals surface area (Å²) < 4.78 is 50.4. The monoisotopic (exact) mass is 899 g/mol. The fraction of sp³-hybridized carbons (Fsp3) is 0.889. The first-order valence-corrected chi connectivity index (χ1v) is 23.5. The molecule has 0 saturated carbocycles. The molecule has 13 nitrogen and oxygen atoms in total. The van der Waals surface area contributed by atoms with Crippen LogP contribution in [0, 0.1) is 37.3 Å². The van der Waals surface area contributed by atoms with Crippen molar-refractivity contribution in [2.24, 2.45) is 32.5 Å². The van der Waals surface area contributed by atoms with E-state index in [4.69, 9.17) is 9.52 Å². The summed E-state index contributed by atoms with van der Waals surface area (Å²) in [7, 11) is -6.66. The van der Waals surface area contributed by atoms with Gasteiger partial charge in [0.2, 0.25) is 27.7 Å². The van der Waals surface area contributed by atoms with Crippen LogP contribution < -0.4 is 14.8 Å². The number of nitrogens with one attached hydrogen (secondary N) is 4. The van der Waals surface area contributed by atoms with Crippen LogP contribution in [0.5, 0.6) is 0 Å². The van der Waals surface area contributed by atoms with Crippen molar-refractivity contribution < 1.29 is 41.3 Å². The van der Waals surface area contributed by atoms with Gasteiger partial charge in [-0.2, -0.15) is 0 Å². The Kier molecular flexibility index (Phi) is 24.6. The van der Waals surface area contributed by atoms with Gasteiger partial charge in [-0.25, -0.2) is 17.4 Å². The normalized spacial score (nSPS) is 14.2. The minimum atomic E-state index is -3.58. The quantitative estimate of drug-likeness (QED) is 0.194. The molecule has 0 radical (unpaired) electrons. The number of ether oxygens (including phenoxy) is 1. The maximum absolute atomic E-state index is 11.8. The zero-order valence-electron chi connectivity index (χ0n) is 44.0. The smallest absolute Gasteiger partial charge is 0.311 e. The second-order valence-electron chi connectivity index (χ2n) is 25.2. The van der Waals surface area contributed by atoms with Crippen molar-refractivity contribution in [3.8, 4) is 0 Å². The van der Waals surface area contributed by atoms with Crippen molar-refractivity contribution in [3.63, 3.8) is 0 Å². The van der Waals surface area contributed by atoms with Crippen LogP contribution in [-0.2, 0) is 48.6 Å². The zero-order chi connectivity index (χ0) is 50.7. The lowest BCUT2D eigenvalue weighted by atomic mass is 9.76. The predicted molar refractivity (Wildman–Crippen MR) is 251 cm³/mol. The van der Waals surface area contributed by atoms with E-state index in [-0.39, 0.29) is 45.2 Å². The van der Waals surface area contributed by atoms with E-state index in [1.807, 2.05) is 125 Å². The summed E-state index contributed by atoms with van der Waals surface area (Å²) in [5.41, 5.74) is -2.88. The van der Waals surface area contributed by atoms with Crippen molar-refractivity contribution in [2.45, 2.75) is 228 Å². The van der Waals surface area contributed by atoms with Crippen molar-refractivity contribution in [3.05, 3.63) is 0 Å².